The Bertz CT molecular complexity index is 1560. The zero-order valence-electron chi connectivity index (χ0n) is 20.6. The van der Waals surface area contributed by atoms with Gasteiger partial charge in [0.25, 0.3) is 5.56 Å². The van der Waals surface area contributed by atoms with Crippen LogP contribution in [0.5, 0.6) is 0 Å². The first-order valence-corrected chi connectivity index (χ1v) is 12.2. The van der Waals surface area contributed by atoms with Crippen molar-refractivity contribution < 1.29 is 9.53 Å². The van der Waals surface area contributed by atoms with Crippen molar-refractivity contribution in [1.29, 1.82) is 0 Å². The van der Waals surface area contributed by atoms with Crippen LogP contribution in [0.15, 0.2) is 66.1 Å². The Morgan fingerprint density at radius 2 is 1.81 bits per heavy atom. The van der Waals surface area contributed by atoms with E-state index in [1.807, 2.05) is 18.2 Å². The molecule has 188 valence electrons. The summed E-state index contributed by atoms with van der Waals surface area (Å²) in [4.78, 5) is 38.9. The molecule has 0 atom stereocenters. The van der Waals surface area contributed by atoms with E-state index in [4.69, 9.17) is 9.72 Å². The molecule has 0 radical (unpaired) electrons. The topological polar surface area (TPSA) is 97.5 Å². The van der Waals surface area contributed by atoms with E-state index in [1.54, 1.807) is 33.8 Å². The number of nitrogens with one attached hydrogen (secondary N) is 1. The largest absolute Gasteiger partial charge is 0.457 e. The van der Waals surface area contributed by atoms with E-state index in [9.17, 15) is 9.59 Å². The molecule has 37 heavy (non-hydrogen) atoms. The Labute approximate surface area is 213 Å². The van der Waals surface area contributed by atoms with Crippen molar-refractivity contribution in [3.63, 3.8) is 0 Å². The van der Waals surface area contributed by atoms with Gasteiger partial charge in [-0.2, -0.15) is 4.98 Å². The van der Waals surface area contributed by atoms with E-state index < -0.39 is 0 Å². The highest BCUT2D eigenvalue weighted by molar-refractivity contribution is 5.93. The number of esters is 1. The minimum Gasteiger partial charge on any atom is -0.457 e. The first-order valence-electron chi connectivity index (χ1n) is 12.2. The first kappa shape index (κ1) is 23.0. The molecule has 2 aromatic heterocycles. The SMILES string of the molecule is C=CCn1c(=O)c2cnc(Nc3ccc(N4CCN(C)CC4)cc3)nc2n1-c1ccc2c(c1)COC2=O. The Balaban J connectivity index is 1.34. The molecule has 0 amide bonds. The molecule has 2 aromatic carbocycles. The van der Waals surface area contributed by atoms with Gasteiger partial charge in [-0.1, -0.05) is 6.08 Å². The highest BCUT2D eigenvalue weighted by atomic mass is 16.5. The molecule has 1 fully saturated rings. The molecular formula is C27H27N7O3. The fourth-order valence-corrected chi connectivity index (χ4v) is 4.84. The lowest BCUT2D eigenvalue weighted by atomic mass is 10.1. The number of rotatable bonds is 6. The van der Waals surface area contributed by atoms with E-state index in [0.717, 1.165) is 37.4 Å². The second-order valence-electron chi connectivity index (χ2n) is 9.30. The number of anilines is 3. The number of aromatic nitrogens is 4. The number of fused-ring (bicyclic) bond motifs is 2. The molecule has 6 rings (SSSR count). The molecule has 10 heteroatoms. The van der Waals surface area contributed by atoms with Crippen molar-refractivity contribution in [3.8, 4) is 5.69 Å². The highest BCUT2D eigenvalue weighted by Crippen LogP contribution is 2.26. The average molecular weight is 498 g/mol. The van der Waals surface area contributed by atoms with Crippen LogP contribution in [0, 0.1) is 0 Å². The maximum Gasteiger partial charge on any atom is 0.338 e. The predicted molar refractivity (Wildman–Crippen MR) is 142 cm³/mol. The molecule has 0 bridgehead atoms. The molecule has 0 unspecified atom stereocenters. The second kappa shape index (κ2) is 9.21. The van der Waals surface area contributed by atoms with Gasteiger partial charge in [0, 0.05) is 49.3 Å². The quantitative estimate of drug-likeness (QED) is 0.321. The summed E-state index contributed by atoms with van der Waals surface area (Å²) in [6, 6.07) is 13.6. The fourth-order valence-electron chi connectivity index (χ4n) is 4.84. The number of nitrogens with zero attached hydrogens (tertiary/aromatic N) is 6. The van der Waals surface area contributed by atoms with Gasteiger partial charge in [0.1, 0.15) is 12.0 Å². The van der Waals surface area contributed by atoms with Gasteiger partial charge in [0.2, 0.25) is 5.95 Å². The summed E-state index contributed by atoms with van der Waals surface area (Å²) in [5.74, 6) is 0.0406. The van der Waals surface area contributed by atoms with Crippen LogP contribution in [0.2, 0.25) is 0 Å². The molecule has 2 aliphatic rings. The summed E-state index contributed by atoms with van der Waals surface area (Å²) < 4.78 is 8.45. The number of likely N-dealkylation sites (N-methyl/N-ethyl adjacent to an activating group) is 1. The average Bonchev–Trinajstić information content (AvgIpc) is 3.41. The monoisotopic (exact) mass is 497 g/mol. The summed E-state index contributed by atoms with van der Waals surface area (Å²) >= 11 is 0. The van der Waals surface area contributed by atoms with Gasteiger partial charge in [-0.25, -0.2) is 19.1 Å². The maximum atomic E-state index is 13.2. The van der Waals surface area contributed by atoms with Crippen LogP contribution < -0.4 is 15.8 Å². The summed E-state index contributed by atoms with van der Waals surface area (Å²) in [6.07, 6.45) is 3.20. The highest BCUT2D eigenvalue weighted by Gasteiger charge is 2.23. The molecule has 1 saturated heterocycles. The van der Waals surface area contributed by atoms with Crippen molar-refractivity contribution in [3.05, 3.63) is 82.8 Å². The lowest BCUT2D eigenvalue weighted by Crippen LogP contribution is -2.44. The molecule has 0 aliphatic carbocycles. The van der Waals surface area contributed by atoms with Crippen LogP contribution in [0.4, 0.5) is 17.3 Å². The molecule has 0 spiro atoms. The third kappa shape index (κ3) is 4.15. The molecule has 0 saturated carbocycles. The molecule has 2 aliphatic heterocycles. The number of benzene rings is 2. The van der Waals surface area contributed by atoms with E-state index >= 15 is 0 Å². The summed E-state index contributed by atoms with van der Waals surface area (Å²) in [6.45, 7) is 8.40. The third-order valence-corrected chi connectivity index (χ3v) is 6.88. The zero-order chi connectivity index (χ0) is 25.5. The number of hydrogen-bond donors (Lipinski definition) is 1. The normalized spacial score (nSPS) is 15.6. The van der Waals surface area contributed by atoms with Gasteiger partial charge < -0.3 is 19.9 Å². The van der Waals surface area contributed by atoms with Gasteiger partial charge >= 0.3 is 5.97 Å². The number of allylic oxidation sites excluding steroid dienone is 1. The van der Waals surface area contributed by atoms with E-state index in [0.29, 0.717) is 28.2 Å². The lowest BCUT2D eigenvalue weighted by molar-refractivity contribution is 0.0535. The second-order valence-corrected chi connectivity index (χ2v) is 9.30. The van der Waals surface area contributed by atoms with Crippen LogP contribution >= 0.6 is 0 Å². The number of cyclic esters (lactones) is 1. The molecule has 10 nitrogen and oxygen atoms in total. The van der Waals surface area contributed by atoms with Gasteiger partial charge in [-0.05, 0) is 49.5 Å². The number of hydrogen-bond acceptors (Lipinski definition) is 8. The van der Waals surface area contributed by atoms with Crippen LogP contribution in [-0.4, -0.2) is 63.4 Å². The summed E-state index contributed by atoms with van der Waals surface area (Å²) in [7, 11) is 2.14. The summed E-state index contributed by atoms with van der Waals surface area (Å²) in [5.41, 5.74) is 4.29. The minimum atomic E-state index is -0.338. The van der Waals surface area contributed by atoms with E-state index in [1.165, 1.54) is 5.69 Å². The molecular weight excluding hydrogens is 470 g/mol. The van der Waals surface area contributed by atoms with E-state index in [-0.39, 0.29) is 24.7 Å². The van der Waals surface area contributed by atoms with E-state index in [2.05, 4.69) is 45.9 Å². The number of carbonyl (C=O) groups is 1. The van der Waals surface area contributed by atoms with Gasteiger partial charge in [0.05, 0.1) is 17.8 Å². The molecule has 4 aromatic rings. The van der Waals surface area contributed by atoms with Crippen molar-refractivity contribution in [2.75, 3.05) is 43.4 Å². The van der Waals surface area contributed by atoms with Crippen molar-refractivity contribution in [1.82, 2.24) is 24.2 Å². The predicted octanol–water partition coefficient (Wildman–Crippen LogP) is 2.93. The van der Waals surface area contributed by atoms with Gasteiger partial charge in [-0.3, -0.25) is 4.79 Å². The standard InChI is InChI=1S/C27H27N7O3/c1-3-10-33-25(35)23-16-28-27(29-19-4-6-20(7-5-19)32-13-11-31(2)12-14-32)30-24(23)34(33)21-8-9-22-18(15-21)17-37-26(22)36/h3-9,15-16H,1,10-14,17H2,2H3,(H,28,29,30). The smallest absolute Gasteiger partial charge is 0.338 e. The van der Waals surface area contributed by atoms with Gasteiger partial charge in [-0.15, -0.1) is 6.58 Å². The van der Waals surface area contributed by atoms with Crippen LogP contribution in [0.3, 0.4) is 0 Å². The first-order chi connectivity index (χ1) is 18.0. The van der Waals surface area contributed by atoms with Crippen LogP contribution in [-0.2, 0) is 17.9 Å². The fraction of sp³-hybridized carbons (Fsp3) is 0.259. The number of carbonyl (C=O) groups excluding carboxylic acids is 1. The molecule has 1 N–H and O–H groups in total. The van der Waals surface area contributed by atoms with Crippen molar-refractivity contribution >= 4 is 34.3 Å². The maximum absolute atomic E-state index is 13.2. The number of piperazine rings is 1. The minimum absolute atomic E-state index is 0.207. The Morgan fingerprint density at radius 3 is 2.57 bits per heavy atom. The zero-order valence-corrected chi connectivity index (χ0v) is 20.6. The lowest BCUT2D eigenvalue weighted by Gasteiger charge is -2.34. The van der Waals surface area contributed by atoms with Crippen molar-refractivity contribution in [2.45, 2.75) is 13.2 Å². The van der Waals surface area contributed by atoms with Crippen LogP contribution in [0.1, 0.15) is 15.9 Å². The van der Waals surface area contributed by atoms with Gasteiger partial charge in [0.15, 0.2) is 5.65 Å². The number of ether oxygens (including phenoxy) is 1. The summed E-state index contributed by atoms with van der Waals surface area (Å²) in [5, 5.41) is 3.66. The Kier molecular flexibility index (Phi) is 5.72. The Hall–Kier alpha value is -4.44. The van der Waals surface area contributed by atoms with Crippen LogP contribution in [0.25, 0.3) is 16.7 Å². The third-order valence-electron chi connectivity index (χ3n) is 6.88. The van der Waals surface area contributed by atoms with Crippen molar-refractivity contribution in [2.24, 2.45) is 0 Å². The molecule has 4 heterocycles. The Morgan fingerprint density at radius 1 is 1.05 bits per heavy atom.